The van der Waals surface area contributed by atoms with Gasteiger partial charge in [0, 0.05) is 6.42 Å². The average molecular weight is 418 g/mol. The molecule has 0 amide bonds. The van der Waals surface area contributed by atoms with Crippen molar-refractivity contribution in [3.05, 3.63) is 12.3 Å². The highest BCUT2D eigenvalue weighted by molar-refractivity contribution is 5.86. The van der Waals surface area contributed by atoms with Crippen molar-refractivity contribution >= 4 is 11.9 Å². The Morgan fingerprint density at radius 3 is 2.27 bits per heavy atom. The molecule has 6 bridgehead atoms. The van der Waals surface area contributed by atoms with Crippen LogP contribution in [0.1, 0.15) is 57.8 Å². The molecule has 6 heteroatoms. The maximum Gasteiger partial charge on any atom is 0.353 e. The van der Waals surface area contributed by atoms with E-state index in [2.05, 4.69) is 6.58 Å². The Bertz CT molecular complexity index is 678. The Hall–Kier alpha value is -1.56. The van der Waals surface area contributed by atoms with E-state index in [-0.39, 0.29) is 36.4 Å². The van der Waals surface area contributed by atoms with E-state index in [0.29, 0.717) is 18.3 Å². The number of rotatable bonds is 8. The summed E-state index contributed by atoms with van der Waals surface area (Å²) < 4.78 is 16.7. The monoisotopic (exact) mass is 417 g/mol. The van der Waals surface area contributed by atoms with Crippen molar-refractivity contribution in [3.8, 4) is 0 Å². The minimum atomic E-state index is -0.535. The molecule has 2 N–H and O–H groups in total. The summed E-state index contributed by atoms with van der Waals surface area (Å²) in [4.78, 5) is 24.2. The van der Waals surface area contributed by atoms with Gasteiger partial charge in [-0.3, -0.25) is 4.79 Å². The van der Waals surface area contributed by atoms with Gasteiger partial charge in [0.05, 0.1) is 6.61 Å². The predicted molar refractivity (Wildman–Crippen MR) is 110 cm³/mol. The van der Waals surface area contributed by atoms with Crippen LogP contribution in [0.15, 0.2) is 12.3 Å². The molecule has 0 heterocycles. The van der Waals surface area contributed by atoms with E-state index >= 15 is 0 Å². The molecule has 0 aliphatic heterocycles. The lowest BCUT2D eigenvalue weighted by Crippen LogP contribution is -2.46. The van der Waals surface area contributed by atoms with E-state index in [4.69, 9.17) is 19.9 Å². The van der Waals surface area contributed by atoms with Gasteiger partial charge in [0.2, 0.25) is 0 Å². The van der Waals surface area contributed by atoms with Crippen LogP contribution in [0.3, 0.4) is 0 Å². The summed E-state index contributed by atoms with van der Waals surface area (Å²) in [5.41, 5.74) is 5.37. The molecule has 0 radical (unpaired) electrons. The zero-order valence-electron chi connectivity index (χ0n) is 17.8. The Morgan fingerprint density at radius 1 is 0.900 bits per heavy atom. The zero-order chi connectivity index (χ0) is 20.8. The first kappa shape index (κ1) is 20.3. The van der Waals surface area contributed by atoms with Crippen molar-refractivity contribution in [2.75, 3.05) is 13.4 Å². The standard InChI is InChI=1S/C24H35NO5/c1-13(25)24(27)30-22-9-16-2-3-19(22)20(16)10-23(26)29-12-28-11-21-17-5-14-4-15(7-17)8-18(21)6-14/h14-22H,1-12,25H2. The summed E-state index contributed by atoms with van der Waals surface area (Å²) in [6.45, 7) is 4.24. The second-order valence-corrected chi connectivity index (χ2v) is 10.7. The van der Waals surface area contributed by atoms with Crippen LogP contribution >= 0.6 is 0 Å². The van der Waals surface area contributed by atoms with Crippen LogP contribution < -0.4 is 5.73 Å². The lowest BCUT2D eigenvalue weighted by molar-refractivity contribution is -0.163. The molecule has 6 aliphatic carbocycles. The molecule has 0 aromatic heterocycles. The van der Waals surface area contributed by atoms with Crippen LogP contribution in [0.4, 0.5) is 0 Å². The molecular formula is C24H35NO5. The van der Waals surface area contributed by atoms with Gasteiger partial charge < -0.3 is 19.9 Å². The number of carbonyl (C=O) groups is 2. The fraction of sp³-hybridized carbons (Fsp3) is 0.833. The van der Waals surface area contributed by atoms with Crippen LogP contribution in [-0.2, 0) is 23.8 Å². The largest absolute Gasteiger partial charge is 0.457 e. The van der Waals surface area contributed by atoms with Gasteiger partial charge in [-0.2, -0.15) is 0 Å². The molecule has 0 spiro atoms. The predicted octanol–water partition coefficient (Wildman–Crippen LogP) is 3.40. The van der Waals surface area contributed by atoms with Gasteiger partial charge in [-0.05, 0) is 98.7 Å². The molecule has 0 aromatic rings. The average Bonchev–Trinajstić information content (AvgIpc) is 3.22. The van der Waals surface area contributed by atoms with E-state index in [9.17, 15) is 9.59 Å². The molecule has 166 valence electrons. The number of hydrogen-bond acceptors (Lipinski definition) is 6. The summed E-state index contributed by atoms with van der Waals surface area (Å²) in [5.74, 6) is 4.39. The first-order chi connectivity index (χ1) is 14.5. The van der Waals surface area contributed by atoms with Gasteiger partial charge >= 0.3 is 11.9 Å². The lowest BCUT2D eigenvalue weighted by Gasteiger charge is -2.54. The molecule has 6 fully saturated rings. The van der Waals surface area contributed by atoms with Gasteiger partial charge in [0.15, 0.2) is 6.79 Å². The number of carbonyl (C=O) groups excluding carboxylic acids is 2. The van der Waals surface area contributed by atoms with Crippen molar-refractivity contribution < 1.29 is 23.8 Å². The molecule has 6 aliphatic rings. The van der Waals surface area contributed by atoms with Crippen molar-refractivity contribution in [2.45, 2.75) is 63.9 Å². The number of ether oxygens (including phenoxy) is 3. The first-order valence-electron chi connectivity index (χ1n) is 11.9. The molecule has 0 saturated heterocycles. The smallest absolute Gasteiger partial charge is 0.353 e. The molecule has 30 heavy (non-hydrogen) atoms. The van der Waals surface area contributed by atoms with Crippen LogP contribution in [0.2, 0.25) is 0 Å². The summed E-state index contributed by atoms with van der Waals surface area (Å²) in [7, 11) is 0. The molecule has 6 rings (SSSR count). The summed E-state index contributed by atoms with van der Waals surface area (Å²) in [5, 5.41) is 0. The Kier molecular flexibility index (Phi) is 5.55. The maximum absolute atomic E-state index is 12.4. The van der Waals surface area contributed by atoms with Crippen molar-refractivity contribution in [1.82, 2.24) is 0 Å². The minimum absolute atomic E-state index is 0.0646. The third kappa shape index (κ3) is 3.88. The van der Waals surface area contributed by atoms with E-state index in [1.165, 1.54) is 32.1 Å². The maximum atomic E-state index is 12.4. The highest BCUT2D eigenvalue weighted by Gasteiger charge is 2.51. The quantitative estimate of drug-likeness (QED) is 0.282. The van der Waals surface area contributed by atoms with Crippen LogP contribution in [0.25, 0.3) is 0 Å². The number of hydrogen-bond donors (Lipinski definition) is 1. The molecule has 6 saturated carbocycles. The minimum Gasteiger partial charge on any atom is -0.457 e. The van der Waals surface area contributed by atoms with Gasteiger partial charge in [-0.25, -0.2) is 4.79 Å². The molecule has 0 aromatic carbocycles. The third-order valence-corrected chi connectivity index (χ3v) is 9.00. The number of fused-ring (bicyclic) bond motifs is 2. The normalized spacial score (nSPS) is 43.0. The molecule has 4 atom stereocenters. The van der Waals surface area contributed by atoms with Gasteiger partial charge in [-0.15, -0.1) is 0 Å². The van der Waals surface area contributed by atoms with Gasteiger partial charge in [0.25, 0.3) is 0 Å². The number of esters is 2. The van der Waals surface area contributed by atoms with Crippen molar-refractivity contribution in [2.24, 2.45) is 53.1 Å². The second kappa shape index (κ2) is 8.18. The molecule has 4 unspecified atom stereocenters. The Balaban J connectivity index is 1.04. The summed E-state index contributed by atoms with van der Waals surface area (Å²) in [6.07, 6.45) is 10.1. The van der Waals surface area contributed by atoms with E-state index in [1.807, 2.05) is 0 Å². The molecular weight excluding hydrogens is 382 g/mol. The topological polar surface area (TPSA) is 87.9 Å². The van der Waals surface area contributed by atoms with E-state index in [0.717, 1.165) is 49.5 Å². The van der Waals surface area contributed by atoms with Crippen LogP contribution in [-0.4, -0.2) is 31.4 Å². The Morgan fingerprint density at radius 2 is 1.60 bits per heavy atom. The Labute approximate surface area is 178 Å². The lowest BCUT2D eigenvalue weighted by atomic mass is 9.52. The first-order valence-corrected chi connectivity index (χ1v) is 11.9. The highest BCUT2D eigenvalue weighted by atomic mass is 16.7. The number of nitrogens with two attached hydrogens (primary N) is 1. The van der Waals surface area contributed by atoms with E-state index in [1.54, 1.807) is 0 Å². The van der Waals surface area contributed by atoms with Gasteiger partial charge in [-0.1, -0.05) is 6.58 Å². The SMILES string of the molecule is C=C(N)C(=O)OC1CC2CCC1C2CC(=O)OCOCC1C2CC3CC(C2)CC1C3. The zero-order valence-corrected chi connectivity index (χ0v) is 17.8. The highest BCUT2D eigenvalue weighted by Crippen LogP contribution is 2.56. The summed E-state index contributed by atoms with van der Waals surface area (Å²) >= 11 is 0. The fourth-order valence-electron chi connectivity index (χ4n) is 7.93. The summed E-state index contributed by atoms with van der Waals surface area (Å²) in [6, 6.07) is 0. The van der Waals surface area contributed by atoms with Crippen LogP contribution in [0, 0.1) is 47.3 Å². The second-order valence-electron chi connectivity index (χ2n) is 10.7. The third-order valence-electron chi connectivity index (χ3n) is 9.00. The van der Waals surface area contributed by atoms with Gasteiger partial charge in [0.1, 0.15) is 11.8 Å². The van der Waals surface area contributed by atoms with Crippen LogP contribution in [0.5, 0.6) is 0 Å². The molecule has 6 nitrogen and oxygen atoms in total. The van der Waals surface area contributed by atoms with Crippen molar-refractivity contribution in [3.63, 3.8) is 0 Å². The fourth-order valence-corrected chi connectivity index (χ4v) is 7.93. The van der Waals surface area contributed by atoms with E-state index < -0.39 is 5.97 Å². The van der Waals surface area contributed by atoms with Crippen molar-refractivity contribution in [1.29, 1.82) is 0 Å².